The van der Waals surface area contributed by atoms with Crippen molar-refractivity contribution in [2.24, 2.45) is 0 Å². The molecule has 1 unspecified atom stereocenters. The minimum atomic E-state index is -0.812. The van der Waals surface area contributed by atoms with Crippen molar-refractivity contribution in [2.45, 2.75) is 52.1 Å². The zero-order valence-corrected chi connectivity index (χ0v) is 11.4. The van der Waals surface area contributed by atoms with Crippen LogP contribution >= 0.6 is 0 Å². The molecular weight excluding hydrogens is 230 g/mol. The highest BCUT2D eigenvalue weighted by Crippen LogP contribution is 2.15. The highest BCUT2D eigenvalue weighted by Gasteiger charge is 2.30. The van der Waals surface area contributed by atoms with Crippen molar-refractivity contribution in [1.82, 2.24) is 15.1 Å². The number of aliphatic carboxylic acids is 1. The van der Waals surface area contributed by atoms with E-state index in [0.717, 1.165) is 25.1 Å². The largest absolute Gasteiger partial charge is 0.480 e. The van der Waals surface area contributed by atoms with E-state index in [2.05, 4.69) is 10.4 Å². The van der Waals surface area contributed by atoms with E-state index in [1.54, 1.807) is 13.1 Å². The van der Waals surface area contributed by atoms with Gasteiger partial charge in [-0.25, -0.2) is 0 Å². The Morgan fingerprint density at radius 2 is 2.28 bits per heavy atom. The number of nitrogens with zero attached hydrogens (tertiary/aromatic N) is 2. The van der Waals surface area contributed by atoms with Gasteiger partial charge in [-0.1, -0.05) is 6.92 Å². The normalized spacial score (nSPS) is 14.4. The van der Waals surface area contributed by atoms with Crippen molar-refractivity contribution in [3.05, 3.63) is 18.0 Å². The third-order valence-electron chi connectivity index (χ3n) is 3.26. The SMILES string of the molecule is CCNC(C)(CCCCn1nccc1C)C(=O)O. The molecule has 0 amide bonds. The fraction of sp³-hybridized carbons (Fsp3) is 0.692. The topological polar surface area (TPSA) is 67.2 Å². The van der Waals surface area contributed by atoms with E-state index < -0.39 is 11.5 Å². The summed E-state index contributed by atoms with van der Waals surface area (Å²) in [7, 11) is 0. The number of hydrogen-bond donors (Lipinski definition) is 2. The van der Waals surface area contributed by atoms with Crippen LogP contribution in [0.1, 0.15) is 38.8 Å². The molecule has 0 bridgehead atoms. The standard InChI is InChI=1S/C13H23N3O2/c1-4-14-13(3,12(17)18)8-5-6-10-16-11(2)7-9-15-16/h7,9,14H,4-6,8,10H2,1-3H3,(H,17,18). The van der Waals surface area contributed by atoms with Gasteiger partial charge in [0, 0.05) is 18.4 Å². The molecule has 0 saturated carbocycles. The van der Waals surface area contributed by atoms with Crippen molar-refractivity contribution < 1.29 is 9.90 Å². The molecule has 0 radical (unpaired) electrons. The van der Waals surface area contributed by atoms with Gasteiger partial charge in [0.2, 0.25) is 0 Å². The minimum absolute atomic E-state index is 0.635. The number of carboxylic acid groups (broad SMARTS) is 1. The molecule has 1 atom stereocenters. The van der Waals surface area contributed by atoms with E-state index >= 15 is 0 Å². The summed E-state index contributed by atoms with van der Waals surface area (Å²) in [5, 5.41) is 16.5. The molecule has 1 aromatic heterocycles. The third-order valence-corrected chi connectivity index (χ3v) is 3.26. The Bertz CT molecular complexity index is 389. The lowest BCUT2D eigenvalue weighted by molar-refractivity contribution is -0.144. The molecule has 0 saturated heterocycles. The van der Waals surface area contributed by atoms with Gasteiger partial charge in [0.05, 0.1) is 0 Å². The summed E-state index contributed by atoms with van der Waals surface area (Å²) in [5.74, 6) is -0.778. The van der Waals surface area contributed by atoms with Gasteiger partial charge in [0.25, 0.3) is 0 Å². The lowest BCUT2D eigenvalue weighted by Gasteiger charge is -2.25. The quantitative estimate of drug-likeness (QED) is 0.693. The van der Waals surface area contributed by atoms with Gasteiger partial charge >= 0.3 is 5.97 Å². The van der Waals surface area contributed by atoms with Crippen molar-refractivity contribution >= 4 is 5.97 Å². The van der Waals surface area contributed by atoms with Crippen LogP contribution in [0.4, 0.5) is 0 Å². The van der Waals surface area contributed by atoms with E-state index in [1.165, 1.54) is 0 Å². The van der Waals surface area contributed by atoms with Crippen LogP contribution in [-0.2, 0) is 11.3 Å². The first-order valence-corrected chi connectivity index (χ1v) is 6.46. The third kappa shape index (κ3) is 3.84. The van der Waals surface area contributed by atoms with Crippen LogP contribution in [0.15, 0.2) is 12.3 Å². The van der Waals surface area contributed by atoms with Crippen molar-refractivity contribution in [1.29, 1.82) is 0 Å². The molecule has 5 nitrogen and oxygen atoms in total. The van der Waals surface area contributed by atoms with Crippen LogP contribution < -0.4 is 5.32 Å². The van der Waals surface area contributed by atoms with Crippen LogP contribution in [0.3, 0.4) is 0 Å². The summed E-state index contributed by atoms with van der Waals surface area (Å²) in [5.41, 5.74) is 0.330. The number of nitrogens with one attached hydrogen (secondary N) is 1. The number of aromatic nitrogens is 2. The average molecular weight is 253 g/mol. The van der Waals surface area contributed by atoms with Crippen LogP contribution in [0, 0.1) is 6.92 Å². The maximum atomic E-state index is 11.2. The summed E-state index contributed by atoms with van der Waals surface area (Å²) >= 11 is 0. The summed E-state index contributed by atoms with van der Waals surface area (Å²) in [4.78, 5) is 11.2. The van der Waals surface area contributed by atoms with E-state index in [-0.39, 0.29) is 0 Å². The van der Waals surface area contributed by atoms with E-state index in [9.17, 15) is 9.90 Å². The monoisotopic (exact) mass is 253 g/mol. The van der Waals surface area contributed by atoms with Crippen molar-refractivity contribution in [3.8, 4) is 0 Å². The van der Waals surface area contributed by atoms with Gasteiger partial charge in [-0.3, -0.25) is 9.48 Å². The first-order chi connectivity index (χ1) is 8.49. The number of unbranched alkanes of at least 4 members (excludes halogenated alkanes) is 1. The Kier molecular flexibility index (Phi) is 5.34. The fourth-order valence-electron chi connectivity index (χ4n) is 2.03. The van der Waals surface area contributed by atoms with Crippen molar-refractivity contribution in [2.75, 3.05) is 6.54 Å². The molecule has 1 heterocycles. The number of hydrogen-bond acceptors (Lipinski definition) is 3. The molecule has 1 aromatic rings. The summed E-state index contributed by atoms with van der Waals surface area (Å²) in [6, 6.07) is 1.97. The molecule has 2 N–H and O–H groups in total. The summed E-state index contributed by atoms with van der Waals surface area (Å²) in [6.07, 6.45) is 4.23. The van der Waals surface area contributed by atoms with Gasteiger partial charge < -0.3 is 10.4 Å². The molecule has 1 rings (SSSR count). The lowest BCUT2D eigenvalue weighted by Crippen LogP contribution is -2.49. The predicted octanol–water partition coefficient (Wildman–Crippen LogP) is 1.81. The maximum Gasteiger partial charge on any atom is 0.323 e. The first kappa shape index (κ1) is 14.7. The molecule has 5 heteroatoms. The van der Waals surface area contributed by atoms with Crippen LogP contribution in [0.5, 0.6) is 0 Å². The fourth-order valence-corrected chi connectivity index (χ4v) is 2.03. The molecule has 0 spiro atoms. The zero-order chi connectivity index (χ0) is 13.6. The van der Waals surface area contributed by atoms with Crippen molar-refractivity contribution in [3.63, 3.8) is 0 Å². The second-order valence-electron chi connectivity index (χ2n) is 4.82. The average Bonchev–Trinajstić information content (AvgIpc) is 2.71. The van der Waals surface area contributed by atoms with Gasteiger partial charge in [-0.2, -0.15) is 5.10 Å². The van der Waals surface area contributed by atoms with Gasteiger partial charge in [0.15, 0.2) is 0 Å². The lowest BCUT2D eigenvalue weighted by atomic mass is 9.95. The molecule has 0 aliphatic heterocycles. The first-order valence-electron chi connectivity index (χ1n) is 6.46. The molecule has 0 aromatic carbocycles. The smallest absolute Gasteiger partial charge is 0.323 e. The Balaban J connectivity index is 2.36. The van der Waals surface area contributed by atoms with E-state index in [1.807, 2.05) is 24.6 Å². The maximum absolute atomic E-state index is 11.2. The zero-order valence-electron chi connectivity index (χ0n) is 11.4. The van der Waals surface area contributed by atoms with Crippen LogP contribution in [0.2, 0.25) is 0 Å². The van der Waals surface area contributed by atoms with E-state index in [0.29, 0.717) is 13.0 Å². The summed E-state index contributed by atoms with van der Waals surface area (Å²) in [6.45, 7) is 7.21. The number of rotatable bonds is 8. The Morgan fingerprint density at radius 3 is 2.78 bits per heavy atom. The number of carboxylic acids is 1. The molecule has 102 valence electrons. The van der Waals surface area contributed by atoms with Gasteiger partial charge in [0.1, 0.15) is 5.54 Å². The minimum Gasteiger partial charge on any atom is -0.480 e. The van der Waals surface area contributed by atoms with Crippen LogP contribution in [0.25, 0.3) is 0 Å². The number of carbonyl (C=O) groups is 1. The Morgan fingerprint density at radius 1 is 1.56 bits per heavy atom. The van der Waals surface area contributed by atoms with Crippen LogP contribution in [-0.4, -0.2) is 32.9 Å². The molecular formula is C13H23N3O2. The number of likely N-dealkylation sites (N-methyl/N-ethyl adjacent to an activating group) is 1. The Labute approximate surface area is 108 Å². The predicted molar refractivity (Wildman–Crippen MR) is 70.5 cm³/mol. The van der Waals surface area contributed by atoms with E-state index in [4.69, 9.17) is 0 Å². The molecule has 18 heavy (non-hydrogen) atoms. The second-order valence-corrected chi connectivity index (χ2v) is 4.82. The van der Waals surface area contributed by atoms with Gasteiger partial charge in [-0.15, -0.1) is 0 Å². The molecule has 0 aliphatic rings. The second kappa shape index (κ2) is 6.54. The Hall–Kier alpha value is -1.36. The highest BCUT2D eigenvalue weighted by atomic mass is 16.4. The van der Waals surface area contributed by atoms with Gasteiger partial charge in [-0.05, 0) is 45.7 Å². The number of aryl methyl sites for hydroxylation is 2. The molecule has 0 fully saturated rings. The highest BCUT2D eigenvalue weighted by molar-refractivity contribution is 5.78. The molecule has 0 aliphatic carbocycles. The summed E-state index contributed by atoms with van der Waals surface area (Å²) < 4.78 is 1.95.